The zero-order valence-electron chi connectivity index (χ0n) is 15.0. The number of hydrogen-bond donors (Lipinski definition) is 2. The zero-order valence-corrected chi connectivity index (χ0v) is 15.8. The van der Waals surface area contributed by atoms with Gasteiger partial charge in [-0.05, 0) is 25.1 Å². The highest BCUT2D eigenvalue weighted by molar-refractivity contribution is 7.16. The molecule has 0 fully saturated rings. The molecular weight excluding hydrogens is 378 g/mol. The number of nitrogens with one attached hydrogen (secondary N) is 2. The number of aryl methyl sites for hydroxylation is 1. The van der Waals surface area contributed by atoms with E-state index in [2.05, 4.69) is 15.6 Å². The van der Waals surface area contributed by atoms with Gasteiger partial charge in [0, 0.05) is 16.0 Å². The molecule has 0 unspecified atom stereocenters. The molecule has 2 amide bonds. The van der Waals surface area contributed by atoms with Crippen molar-refractivity contribution in [3.05, 3.63) is 59.0 Å². The fourth-order valence-electron chi connectivity index (χ4n) is 2.78. The van der Waals surface area contributed by atoms with Gasteiger partial charge >= 0.3 is 0 Å². The SMILES string of the molecule is Cc1sc(NC(=O)CNC(=O)c2ccc3c(c2)OCO3)nc1-c1ccccc1. The van der Waals surface area contributed by atoms with Gasteiger partial charge < -0.3 is 20.1 Å². The van der Waals surface area contributed by atoms with E-state index >= 15 is 0 Å². The number of thiazole rings is 1. The number of amides is 2. The van der Waals surface area contributed by atoms with Crippen LogP contribution in [0.3, 0.4) is 0 Å². The molecule has 0 saturated heterocycles. The highest BCUT2D eigenvalue weighted by Crippen LogP contribution is 2.32. The largest absolute Gasteiger partial charge is 0.454 e. The fraction of sp³-hybridized carbons (Fsp3) is 0.150. The predicted molar refractivity (Wildman–Crippen MR) is 106 cm³/mol. The number of aromatic nitrogens is 1. The van der Waals surface area contributed by atoms with Crippen LogP contribution in [0.1, 0.15) is 15.2 Å². The predicted octanol–water partition coefficient (Wildman–Crippen LogP) is 3.22. The number of hydrogen-bond acceptors (Lipinski definition) is 6. The average Bonchev–Trinajstić information content (AvgIpc) is 3.32. The summed E-state index contributed by atoms with van der Waals surface area (Å²) in [5.74, 6) is 0.405. The molecule has 3 aromatic rings. The summed E-state index contributed by atoms with van der Waals surface area (Å²) >= 11 is 1.40. The molecule has 0 aliphatic carbocycles. The molecule has 1 aliphatic rings. The minimum Gasteiger partial charge on any atom is -0.454 e. The second-order valence-electron chi connectivity index (χ2n) is 6.09. The third kappa shape index (κ3) is 3.81. The average molecular weight is 395 g/mol. The molecule has 142 valence electrons. The fourth-order valence-corrected chi connectivity index (χ4v) is 3.63. The first-order chi connectivity index (χ1) is 13.6. The molecule has 7 nitrogen and oxygen atoms in total. The zero-order chi connectivity index (χ0) is 19.5. The van der Waals surface area contributed by atoms with Gasteiger partial charge in [-0.2, -0.15) is 0 Å². The molecule has 0 bridgehead atoms. The molecule has 1 aromatic heterocycles. The molecule has 0 spiro atoms. The summed E-state index contributed by atoms with van der Waals surface area (Å²) in [5, 5.41) is 5.82. The lowest BCUT2D eigenvalue weighted by atomic mass is 10.1. The number of rotatable bonds is 5. The van der Waals surface area contributed by atoms with Gasteiger partial charge in [0.1, 0.15) is 0 Å². The van der Waals surface area contributed by atoms with E-state index in [0.717, 1.165) is 16.1 Å². The summed E-state index contributed by atoms with van der Waals surface area (Å²) in [6, 6.07) is 14.6. The van der Waals surface area contributed by atoms with Gasteiger partial charge in [0.05, 0.1) is 12.2 Å². The summed E-state index contributed by atoms with van der Waals surface area (Å²) in [6.07, 6.45) is 0. The van der Waals surface area contributed by atoms with E-state index in [1.54, 1.807) is 18.2 Å². The Morgan fingerprint density at radius 1 is 1.11 bits per heavy atom. The van der Waals surface area contributed by atoms with Crippen molar-refractivity contribution in [2.24, 2.45) is 0 Å². The molecule has 0 atom stereocenters. The van der Waals surface area contributed by atoms with Crippen molar-refractivity contribution in [2.75, 3.05) is 18.7 Å². The van der Waals surface area contributed by atoms with Crippen molar-refractivity contribution in [3.63, 3.8) is 0 Å². The van der Waals surface area contributed by atoms with Crippen LogP contribution in [0.4, 0.5) is 5.13 Å². The van der Waals surface area contributed by atoms with Gasteiger partial charge in [-0.3, -0.25) is 9.59 Å². The number of nitrogens with zero attached hydrogens (tertiary/aromatic N) is 1. The van der Waals surface area contributed by atoms with E-state index < -0.39 is 0 Å². The van der Waals surface area contributed by atoms with E-state index in [-0.39, 0.29) is 25.2 Å². The third-order valence-electron chi connectivity index (χ3n) is 4.13. The Morgan fingerprint density at radius 2 is 1.89 bits per heavy atom. The number of carbonyl (C=O) groups excluding carboxylic acids is 2. The van der Waals surface area contributed by atoms with Crippen molar-refractivity contribution in [1.29, 1.82) is 0 Å². The third-order valence-corrected chi connectivity index (χ3v) is 5.02. The lowest BCUT2D eigenvalue weighted by Gasteiger charge is -2.06. The van der Waals surface area contributed by atoms with Crippen molar-refractivity contribution < 1.29 is 19.1 Å². The Bertz CT molecular complexity index is 1030. The van der Waals surface area contributed by atoms with Gasteiger partial charge in [0.25, 0.3) is 5.91 Å². The summed E-state index contributed by atoms with van der Waals surface area (Å²) in [5.41, 5.74) is 2.23. The molecule has 0 radical (unpaired) electrons. The molecule has 4 rings (SSSR count). The molecule has 2 aromatic carbocycles. The number of benzene rings is 2. The van der Waals surface area contributed by atoms with Crippen LogP contribution >= 0.6 is 11.3 Å². The van der Waals surface area contributed by atoms with Crippen LogP contribution in [0.25, 0.3) is 11.3 Å². The smallest absolute Gasteiger partial charge is 0.251 e. The second kappa shape index (κ2) is 7.69. The van der Waals surface area contributed by atoms with Crippen LogP contribution in [-0.4, -0.2) is 30.1 Å². The van der Waals surface area contributed by atoms with Gasteiger partial charge in [-0.15, -0.1) is 11.3 Å². The van der Waals surface area contributed by atoms with Gasteiger partial charge in [0.2, 0.25) is 12.7 Å². The molecular formula is C20H17N3O4S. The Hall–Kier alpha value is -3.39. The Morgan fingerprint density at radius 3 is 2.71 bits per heavy atom. The van der Waals surface area contributed by atoms with E-state index in [1.165, 1.54) is 11.3 Å². The van der Waals surface area contributed by atoms with Gasteiger partial charge in [0.15, 0.2) is 16.6 Å². The second-order valence-corrected chi connectivity index (χ2v) is 7.29. The van der Waals surface area contributed by atoms with Crippen molar-refractivity contribution in [2.45, 2.75) is 6.92 Å². The van der Waals surface area contributed by atoms with E-state index in [0.29, 0.717) is 22.2 Å². The van der Waals surface area contributed by atoms with E-state index in [1.807, 2.05) is 37.3 Å². The topological polar surface area (TPSA) is 89.6 Å². The van der Waals surface area contributed by atoms with Crippen molar-refractivity contribution in [1.82, 2.24) is 10.3 Å². The van der Waals surface area contributed by atoms with Gasteiger partial charge in [-0.25, -0.2) is 4.98 Å². The molecule has 28 heavy (non-hydrogen) atoms. The maximum atomic E-state index is 12.2. The van der Waals surface area contributed by atoms with Crippen LogP contribution in [0.2, 0.25) is 0 Å². The van der Waals surface area contributed by atoms with E-state index in [4.69, 9.17) is 9.47 Å². The maximum absolute atomic E-state index is 12.2. The Kier molecular flexibility index (Phi) is 4.94. The first-order valence-electron chi connectivity index (χ1n) is 8.61. The highest BCUT2D eigenvalue weighted by Gasteiger charge is 2.17. The van der Waals surface area contributed by atoms with Crippen LogP contribution in [0, 0.1) is 6.92 Å². The first-order valence-corrected chi connectivity index (χ1v) is 9.42. The maximum Gasteiger partial charge on any atom is 0.251 e. The summed E-state index contributed by atoms with van der Waals surface area (Å²) < 4.78 is 10.5. The first kappa shape index (κ1) is 18.0. The quantitative estimate of drug-likeness (QED) is 0.692. The molecule has 2 N–H and O–H groups in total. The normalized spacial score (nSPS) is 11.9. The number of fused-ring (bicyclic) bond motifs is 1. The number of ether oxygens (including phenoxy) is 2. The van der Waals surface area contributed by atoms with Crippen molar-refractivity contribution >= 4 is 28.3 Å². The lowest BCUT2D eigenvalue weighted by molar-refractivity contribution is -0.115. The number of carbonyl (C=O) groups is 2. The van der Waals surface area contributed by atoms with Crippen LogP contribution < -0.4 is 20.1 Å². The molecule has 0 saturated carbocycles. The minimum absolute atomic E-state index is 0.140. The Balaban J connectivity index is 1.35. The number of anilines is 1. The minimum atomic E-state index is -0.367. The standard InChI is InChI=1S/C20H17N3O4S/c1-12-18(13-5-3-2-4-6-13)23-20(28-12)22-17(24)10-21-19(25)14-7-8-15-16(9-14)27-11-26-15/h2-9H,10-11H2,1H3,(H,21,25)(H,22,23,24). The summed E-state index contributed by atoms with van der Waals surface area (Å²) in [6.45, 7) is 1.94. The summed E-state index contributed by atoms with van der Waals surface area (Å²) in [7, 11) is 0. The van der Waals surface area contributed by atoms with Crippen LogP contribution in [0.15, 0.2) is 48.5 Å². The Labute approximate surface area is 165 Å². The van der Waals surface area contributed by atoms with Crippen LogP contribution in [-0.2, 0) is 4.79 Å². The molecule has 1 aliphatic heterocycles. The van der Waals surface area contributed by atoms with E-state index in [9.17, 15) is 9.59 Å². The monoisotopic (exact) mass is 395 g/mol. The lowest BCUT2D eigenvalue weighted by Crippen LogP contribution is -2.32. The molecule has 8 heteroatoms. The van der Waals surface area contributed by atoms with Crippen molar-refractivity contribution in [3.8, 4) is 22.8 Å². The molecule has 2 heterocycles. The van der Waals surface area contributed by atoms with Crippen LogP contribution in [0.5, 0.6) is 11.5 Å². The highest BCUT2D eigenvalue weighted by atomic mass is 32.1. The van der Waals surface area contributed by atoms with Gasteiger partial charge in [-0.1, -0.05) is 30.3 Å². The summed E-state index contributed by atoms with van der Waals surface area (Å²) in [4.78, 5) is 29.9.